The summed E-state index contributed by atoms with van der Waals surface area (Å²) in [5, 5.41) is 2.22. The van der Waals surface area contributed by atoms with E-state index in [0.717, 1.165) is 38.8 Å². The van der Waals surface area contributed by atoms with Gasteiger partial charge in [0.25, 0.3) is 0 Å². The second-order valence-electron chi connectivity index (χ2n) is 7.52. The summed E-state index contributed by atoms with van der Waals surface area (Å²) in [5.41, 5.74) is 6.99. The van der Waals surface area contributed by atoms with Crippen molar-refractivity contribution in [2.75, 3.05) is 0 Å². The summed E-state index contributed by atoms with van der Waals surface area (Å²) in [6.07, 6.45) is 1.82. The lowest BCUT2D eigenvalue weighted by Crippen LogP contribution is -1.92. The molecule has 0 aliphatic rings. The van der Waals surface area contributed by atoms with Crippen LogP contribution in [0.5, 0.6) is 0 Å². The Hall–Kier alpha value is -4.24. The number of hydrogen-bond acceptors (Lipinski definition) is 3. The first-order chi connectivity index (χ1) is 15.3. The van der Waals surface area contributed by atoms with E-state index in [1.807, 2.05) is 42.6 Å². The van der Waals surface area contributed by atoms with Gasteiger partial charge in [0, 0.05) is 28.1 Å². The molecule has 146 valence electrons. The molecule has 3 nitrogen and oxygen atoms in total. The van der Waals surface area contributed by atoms with Gasteiger partial charge in [-0.2, -0.15) is 0 Å². The molecule has 6 aromatic rings. The third kappa shape index (κ3) is 3.17. The Labute approximate surface area is 179 Å². The number of nitrogens with zero attached hydrogens (tertiary/aromatic N) is 2. The van der Waals surface area contributed by atoms with Crippen LogP contribution in [0.3, 0.4) is 0 Å². The average molecular weight is 398 g/mol. The van der Waals surface area contributed by atoms with Crippen LogP contribution in [0.1, 0.15) is 0 Å². The van der Waals surface area contributed by atoms with Crippen molar-refractivity contribution in [3.63, 3.8) is 0 Å². The Morgan fingerprint density at radius 3 is 2.23 bits per heavy atom. The Balaban J connectivity index is 1.42. The van der Waals surface area contributed by atoms with Gasteiger partial charge in [-0.15, -0.1) is 0 Å². The lowest BCUT2D eigenvalue weighted by molar-refractivity contribution is 0.669. The molecule has 2 aromatic heterocycles. The summed E-state index contributed by atoms with van der Waals surface area (Å²) in [4.78, 5) is 9.38. The van der Waals surface area contributed by atoms with E-state index in [1.165, 1.54) is 11.1 Å². The van der Waals surface area contributed by atoms with Crippen molar-refractivity contribution in [1.82, 2.24) is 9.97 Å². The van der Waals surface area contributed by atoms with E-state index in [4.69, 9.17) is 9.40 Å². The van der Waals surface area contributed by atoms with Gasteiger partial charge in [-0.05, 0) is 41.5 Å². The van der Waals surface area contributed by atoms with E-state index < -0.39 is 0 Å². The predicted octanol–water partition coefficient (Wildman–Crippen LogP) is 7.38. The van der Waals surface area contributed by atoms with Gasteiger partial charge in [-0.25, -0.2) is 9.97 Å². The quantitative estimate of drug-likeness (QED) is 0.312. The minimum absolute atomic E-state index is 0.685. The van der Waals surface area contributed by atoms with E-state index in [9.17, 15) is 0 Å². The fourth-order valence-electron chi connectivity index (χ4n) is 4.01. The minimum atomic E-state index is 0.685. The Morgan fingerprint density at radius 1 is 0.516 bits per heavy atom. The molecule has 0 bridgehead atoms. The number of rotatable bonds is 3. The molecule has 0 amide bonds. The van der Waals surface area contributed by atoms with E-state index in [0.29, 0.717) is 5.82 Å². The first-order valence-corrected chi connectivity index (χ1v) is 10.3. The van der Waals surface area contributed by atoms with E-state index in [-0.39, 0.29) is 0 Å². The van der Waals surface area contributed by atoms with Crippen LogP contribution in [0.2, 0.25) is 0 Å². The highest BCUT2D eigenvalue weighted by atomic mass is 16.3. The molecular weight excluding hydrogens is 380 g/mol. The molecule has 31 heavy (non-hydrogen) atoms. The van der Waals surface area contributed by atoms with Gasteiger partial charge >= 0.3 is 0 Å². The monoisotopic (exact) mass is 398 g/mol. The Morgan fingerprint density at radius 2 is 1.29 bits per heavy atom. The lowest BCUT2D eigenvalue weighted by atomic mass is 10.0. The summed E-state index contributed by atoms with van der Waals surface area (Å²) in [7, 11) is 0. The lowest BCUT2D eigenvalue weighted by Gasteiger charge is -2.07. The molecule has 3 heteroatoms. The molecule has 0 fully saturated rings. The van der Waals surface area contributed by atoms with Crippen molar-refractivity contribution >= 4 is 21.9 Å². The topological polar surface area (TPSA) is 38.9 Å². The largest absolute Gasteiger partial charge is 0.456 e. The highest BCUT2D eigenvalue weighted by molar-refractivity contribution is 6.05. The fraction of sp³-hybridized carbons (Fsp3) is 0. The number of para-hydroxylation sites is 1. The second kappa shape index (κ2) is 7.22. The van der Waals surface area contributed by atoms with Crippen LogP contribution in [-0.2, 0) is 0 Å². The predicted molar refractivity (Wildman–Crippen MR) is 126 cm³/mol. The maximum absolute atomic E-state index is 6.04. The Kier molecular flexibility index (Phi) is 4.10. The van der Waals surface area contributed by atoms with Gasteiger partial charge in [-0.3, -0.25) is 0 Å². The van der Waals surface area contributed by atoms with Gasteiger partial charge in [0.2, 0.25) is 0 Å². The van der Waals surface area contributed by atoms with Crippen LogP contribution >= 0.6 is 0 Å². The van der Waals surface area contributed by atoms with E-state index in [1.54, 1.807) is 0 Å². The zero-order valence-electron chi connectivity index (χ0n) is 16.7. The highest BCUT2D eigenvalue weighted by Gasteiger charge is 2.10. The van der Waals surface area contributed by atoms with Crippen LogP contribution in [0.25, 0.3) is 55.7 Å². The SMILES string of the molecule is c1ccc(-c2cccc(-c3ccnc(-c4ccc5c(c4)oc4ccccc45)n3)c2)cc1. The van der Waals surface area contributed by atoms with Crippen molar-refractivity contribution < 1.29 is 4.42 Å². The molecule has 0 unspecified atom stereocenters. The molecule has 0 spiro atoms. The molecule has 4 aromatic carbocycles. The molecule has 0 atom stereocenters. The van der Waals surface area contributed by atoms with Crippen LogP contribution < -0.4 is 0 Å². The van der Waals surface area contributed by atoms with Gasteiger partial charge < -0.3 is 4.42 Å². The maximum Gasteiger partial charge on any atom is 0.159 e. The summed E-state index contributed by atoms with van der Waals surface area (Å²) in [6.45, 7) is 0. The molecule has 6 rings (SSSR count). The molecule has 0 saturated carbocycles. The van der Waals surface area contributed by atoms with Gasteiger partial charge in [-0.1, -0.05) is 72.8 Å². The third-order valence-corrected chi connectivity index (χ3v) is 5.56. The van der Waals surface area contributed by atoms with Crippen LogP contribution in [0, 0.1) is 0 Å². The van der Waals surface area contributed by atoms with Crippen molar-refractivity contribution in [1.29, 1.82) is 0 Å². The number of aromatic nitrogens is 2. The summed E-state index contributed by atoms with van der Waals surface area (Å²) >= 11 is 0. The number of furan rings is 1. The summed E-state index contributed by atoms with van der Waals surface area (Å²) in [5.74, 6) is 0.685. The fourth-order valence-corrected chi connectivity index (χ4v) is 4.01. The first kappa shape index (κ1) is 17.6. The van der Waals surface area contributed by atoms with Gasteiger partial charge in [0.1, 0.15) is 11.2 Å². The van der Waals surface area contributed by atoms with Crippen molar-refractivity contribution in [3.05, 3.63) is 109 Å². The molecule has 0 aliphatic heterocycles. The minimum Gasteiger partial charge on any atom is -0.456 e. The number of fused-ring (bicyclic) bond motifs is 3. The zero-order valence-corrected chi connectivity index (χ0v) is 16.7. The van der Waals surface area contributed by atoms with Crippen molar-refractivity contribution in [2.45, 2.75) is 0 Å². The molecule has 0 saturated heterocycles. The van der Waals surface area contributed by atoms with E-state index in [2.05, 4.69) is 71.7 Å². The van der Waals surface area contributed by atoms with Gasteiger partial charge in [0.15, 0.2) is 5.82 Å². The second-order valence-corrected chi connectivity index (χ2v) is 7.52. The van der Waals surface area contributed by atoms with Crippen LogP contribution in [0.15, 0.2) is 114 Å². The molecular formula is C28H18N2O. The summed E-state index contributed by atoms with van der Waals surface area (Å²) in [6, 6.07) is 35.0. The highest BCUT2D eigenvalue weighted by Crippen LogP contribution is 2.32. The molecule has 0 aliphatic carbocycles. The van der Waals surface area contributed by atoms with Crippen molar-refractivity contribution in [3.8, 4) is 33.8 Å². The average Bonchev–Trinajstić information content (AvgIpc) is 3.23. The third-order valence-electron chi connectivity index (χ3n) is 5.56. The van der Waals surface area contributed by atoms with Gasteiger partial charge in [0.05, 0.1) is 5.69 Å². The van der Waals surface area contributed by atoms with Crippen LogP contribution in [-0.4, -0.2) is 9.97 Å². The first-order valence-electron chi connectivity index (χ1n) is 10.3. The normalized spacial score (nSPS) is 11.2. The smallest absolute Gasteiger partial charge is 0.159 e. The number of benzene rings is 4. The molecule has 0 N–H and O–H groups in total. The Bertz CT molecular complexity index is 1530. The van der Waals surface area contributed by atoms with Crippen LogP contribution in [0.4, 0.5) is 0 Å². The van der Waals surface area contributed by atoms with Crippen molar-refractivity contribution in [2.24, 2.45) is 0 Å². The van der Waals surface area contributed by atoms with E-state index >= 15 is 0 Å². The molecule has 2 heterocycles. The number of hydrogen-bond donors (Lipinski definition) is 0. The molecule has 0 radical (unpaired) electrons. The summed E-state index contributed by atoms with van der Waals surface area (Å²) < 4.78 is 6.04. The maximum atomic E-state index is 6.04. The zero-order chi connectivity index (χ0) is 20.6. The standard InChI is InChI=1S/C28H18N2O/c1-2-7-19(8-3-1)20-9-6-10-21(17-20)25-15-16-29-28(30-25)22-13-14-24-23-11-4-5-12-26(23)31-27(24)18-22/h1-18H.